The van der Waals surface area contributed by atoms with Crippen molar-refractivity contribution in [3.8, 4) is 0 Å². The van der Waals surface area contributed by atoms with E-state index in [0.29, 0.717) is 48.9 Å². The minimum Gasteiger partial charge on any atom is -0.481 e. The zero-order valence-corrected chi connectivity index (χ0v) is 36.8. The number of aliphatic carboxylic acids is 1. The van der Waals surface area contributed by atoms with Gasteiger partial charge in [0.15, 0.2) is 0 Å². The first-order chi connectivity index (χ1) is 27.0. The number of carboxylic acids is 1. The number of nitrogens with one attached hydrogen (secondary N) is 3. The Morgan fingerprint density at radius 2 is 1.53 bits per heavy atom. The number of hydrogen-bond donors (Lipinski definition) is 4. The van der Waals surface area contributed by atoms with Crippen LogP contribution in [0.3, 0.4) is 0 Å². The van der Waals surface area contributed by atoms with Crippen LogP contribution in [0.15, 0.2) is 36.4 Å². The van der Waals surface area contributed by atoms with Crippen LogP contribution >= 0.6 is 0 Å². The first-order valence-electron chi connectivity index (χ1n) is 22.0. The summed E-state index contributed by atoms with van der Waals surface area (Å²) in [6.45, 7) is 24.5. The molecule has 0 aromatic heterocycles. The minimum absolute atomic E-state index is 0.0495. The molecule has 10 atom stereocenters. The van der Waals surface area contributed by atoms with Crippen LogP contribution in [0.2, 0.25) is 0 Å². The molecule has 0 spiro atoms. The molecule has 0 aliphatic heterocycles. The molecule has 0 bridgehead atoms. The highest BCUT2D eigenvalue weighted by Crippen LogP contribution is 2.77. The van der Waals surface area contributed by atoms with Crippen LogP contribution in [0.5, 0.6) is 0 Å². The normalized spacial score (nSPS) is 36.2. The fourth-order valence-corrected chi connectivity index (χ4v) is 14.1. The molecular formula is C48H71N3O7. The van der Waals surface area contributed by atoms with E-state index in [1.165, 1.54) is 12.5 Å². The van der Waals surface area contributed by atoms with E-state index < -0.39 is 22.8 Å². The number of carbonyl (C=O) groups excluding carboxylic acids is 4. The van der Waals surface area contributed by atoms with Crippen LogP contribution in [-0.2, 0) is 30.5 Å². The Morgan fingerprint density at radius 3 is 2.21 bits per heavy atom. The van der Waals surface area contributed by atoms with Gasteiger partial charge in [0.25, 0.3) is 5.91 Å². The number of carbonyl (C=O) groups is 5. The van der Waals surface area contributed by atoms with E-state index in [2.05, 4.69) is 64.1 Å². The summed E-state index contributed by atoms with van der Waals surface area (Å²) in [5.41, 5.74) is 0.903. The Kier molecular flexibility index (Phi) is 11.9. The van der Waals surface area contributed by atoms with E-state index in [9.17, 15) is 29.1 Å². The van der Waals surface area contributed by atoms with Crippen molar-refractivity contribution >= 4 is 29.7 Å². The molecule has 4 N–H and O–H groups in total. The lowest BCUT2D eigenvalue weighted by Crippen LogP contribution is -2.67. The Morgan fingerprint density at radius 1 is 0.828 bits per heavy atom. The summed E-state index contributed by atoms with van der Waals surface area (Å²) < 4.78 is 6.18. The molecule has 5 aliphatic rings. The SMILES string of the molecule is C=C(C)[C@@H]1CC[C@]2(C(=O)NCc3cccc(C(=O)NCCNC(C)=O)c3)CC[C@]3(C)[C@H](CC[C@@H]4[C@@]5(C)CC[C@H](OC(=O)CC(C)(C)C(=O)O)C(C)(C)[C@@H]5CC[C@]43C)[C@@H]12. The summed E-state index contributed by atoms with van der Waals surface area (Å²) in [6, 6.07) is 7.40. The van der Waals surface area contributed by atoms with E-state index in [-0.39, 0.29) is 57.8 Å². The highest BCUT2D eigenvalue weighted by molar-refractivity contribution is 5.94. The van der Waals surface area contributed by atoms with E-state index in [1.807, 2.05) is 18.2 Å². The summed E-state index contributed by atoms with van der Waals surface area (Å²) in [6.07, 6.45) is 9.44. The quantitative estimate of drug-likeness (QED) is 0.0945. The molecule has 5 saturated carbocycles. The summed E-state index contributed by atoms with van der Waals surface area (Å²) in [4.78, 5) is 63.7. The number of allylic oxidation sites excluding steroid dienone is 1. The highest BCUT2D eigenvalue weighted by atomic mass is 16.5. The maximum absolute atomic E-state index is 14.7. The molecule has 0 unspecified atom stereocenters. The molecule has 5 aliphatic carbocycles. The van der Waals surface area contributed by atoms with E-state index in [0.717, 1.165) is 69.8 Å². The molecule has 58 heavy (non-hydrogen) atoms. The fourth-order valence-electron chi connectivity index (χ4n) is 14.1. The third-order valence-electron chi connectivity index (χ3n) is 17.3. The van der Waals surface area contributed by atoms with E-state index in [4.69, 9.17) is 4.74 Å². The lowest BCUT2D eigenvalue weighted by atomic mass is 9.32. The number of esters is 1. The van der Waals surface area contributed by atoms with Gasteiger partial charge in [-0.05, 0) is 149 Å². The first-order valence-corrected chi connectivity index (χ1v) is 22.0. The summed E-state index contributed by atoms with van der Waals surface area (Å²) >= 11 is 0. The van der Waals surface area contributed by atoms with Gasteiger partial charge in [-0.1, -0.05) is 58.9 Å². The molecule has 0 saturated heterocycles. The maximum atomic E-state index is 14.7. The molecule has 5 fully saturated rings. The molecule has 10 heteroatoms. The van der Waals surface area contributed by atoms with Crippen LogP contribution in [-0.4, -0.2) is 54.0 Å². The molecule has 3 amide bonds. The number of benzene rings is 1. The molecule has 1 aromatic rings. The van der Waals surface area contributed by atoms with Crippen molar-refractivity contribution in [2.75, 3.05) is 13.1 Å². The average molecular weight is 802 g/mol. The van der Waals surface area contributed by atoms with Crippen LogP contribution in [0, 0.1) is 62.1 Å². The van der Waals surface area contributed by atoms with Crippen LogP contribution < -0.4 is 16.0 Å². The van der Waals surface area contributed by atoms with Crippen molar-refractivity contribution in [2.45, 2.75) is 146 Å². The molecule has 320 valence electrons. The van der Waals surface area contributed by atoms with E-state index in [1.54, 1.807) is 19.9 Å². The zero-order chi connectivity index (χ0) is 42.6. The standard InChI is InChI=1S/C48H71N3O7/c1-29(2)33-16-21-48(41(55)51-28-31-12-11-13-32(26-31)40(54)50-25-24-49-30(3)52)23-22-46(9)34(39(33)48)14-15-36-45(8)19-18-37(58-38(53)27-43(4,5)42(56)57)44(6,7)35(45)17-20-47(36,46)10/h11-13,26,33-37,39H,1,14-25,27-28H2,2-10H3,(H,49,52)(H,50,54)(H,51,55)(H,56,57)/t33-,34+,35-,36+,37-,39+,45-,46+,47+,48-/m0/s1. The van der Waals surface area contributed by atoms with Gasteiger partial charge >= 0.3 is 11.9 Å². The van der Waals surface area contributed by atoms with Crippen LogP contribution in [0.4, 0.5) is 0 Å². The van der Waals surface area contributed by atoms with Crippen molar-refractivity contribution in [1.82, 2.24) is 16.0 Å². The highest BCUT2D eigenvalue weighted by Gasteiger charge is 2.72. The molecule has 0 heterocycles. The van der Waals surface area contributed by atoms with E-state index >= 15 is 0 Å². The van der Waals surface area contributed by atoms with Crippen molar-refractivity contribution in [1.29, 1.82) is 0 Å². The fraction of sp³-hybridized carbons (Fsp3) is 0.729. The van der Waals surface area contributed by atoms with Gasteiger partial charge in [-0.2, -0.15) is 0 Å². The van der Waals surface area contributed by atoms with Crippen molar-refractivity contribution in [2.24, 2.45) is 62.1 Å². The number of amides is 3. The second kappa shape index (κ2) is 15.7. The maximum Gasteiger partial charge on any atom is 0.309 e. The lowest BCUT2D eigenvalue weighted by molar-refractivity contribution is -0.249. The topological polar surface area (TPSA) is 151 Å². The number of rotatable bonds is 12. The summed E-state index contributed by atoms with van der Waals surface area (Å²) in [5, 5.41) is 18.5. The second-order valence-electron chi connectivity index (χ2n) is 21.2. The number of carboxylic acid groups (broad SMARTS) is 1. The predicted octanol–water partition coefficient (Wildman–Crippen LogP) is 8.24. The van der Waals surface area contributed by atoms with Gasteiger partial charge in [0.05, 0.1) is 17.3 Å². The van der Waals surface area contributed by atoms with Crippen LogP contribution in [0.25, 0.3) is 0 Å². The van der Waals surface area contributed by atoms with Crippen molar-refractivity contribution < 1.29 is 33.8 Å². The lowest BCUT2D eigenvalue weighted by Gasteiger charge is -2.72. The second-order valence-corrected chi connectivity index (χ2v) is 21.2. The summed E-state index contributed by atoms with van der Waals surface area (Å²) in [7, 11) is 0. The first kappa shape index (κ1) is 43.9. The molecule has 1 aromatic carbocycles. The van der Waals surface area contributed by atoms with Gasteiger partial charge in [-0.3, -0.25) is 24.0 Å². The smallest absolute Gasteiger partial charge is 0.309 e. The Hall–Kier alpha value is -3.69. The summed E-state index contributed by atoms with van der Waals surface area (Å²) in [5.74, 6) is 0.140. The predicted molar refractivity (Wildman–Crippen MR) is 224 cm³/mol. The average Bonchev–Trinajstić information content (AvgIpc) is 3.55. The number of hydrogen-bond acceptors (Lipinski definition) is 6. The molecule has 0 radical (unpaired) electrons. The Bertz CT molecular complexity index is 1820. The van der Waals surface area contributed by atoms with Gasteiger partial charge < -0.3 is 25.8 Å². The number of fused-ring (bicyclic) bond motifs is 7. The molecule has 10 nitrogen and oxygen atoms in total. The van der Waals surface area contributed by atoms with Gasteiger partial charge in [-0.25, -0.2) is 0 Å². The number of ether oxygens (including phenoxy) is 1. The zero-order valence-electron chi connectivity index (χ0n) is 36.8. The largest absolute Gasteiger partial charge is 0.481 e. The monoisotopic (exact) mass is 802 g/mol. The Labute approximate surface area is 346 Å². The van der Waals surface area contributed by atoms with Crippen molar-refractivity contribution in [3.05, 3.63) is 47.5 Å². The molecular weight excluding hydrogens is 731 g/mol. The van der Waals surface area contributed by atoms with Crippen LogP contribution in [0.1, 0.15) is 149 Å². The molecule has 6 rings (SSSR count). The van der Waals surface area contributed by atoms with Gasteiger partial charge in [0, 0.05) is 37.5 Å². The van der Waals surface area contributed by atoms with Gasteiger partial charge in [0.2, 0.25) is 11.8 Å². The minimum atomic E-state index is -1.17. The van der Waals surface area contributed by atoms with Gasteiger partial charge in [-0.15, -0.1) is 0 Å². The van der Waals surface area contributed by atoms with Crippen molar-refractivity contribution in [3.63, 3.8) is 0 Å². The third-order valence-corrected chi connectivity index (χ3v) is 17.3. The van der Waals surface area contributed by atoms with Gasteiger partial charge in [0.1, 0.15) is 6.10 Å². The third kappa shape index (κ3) is 7.41. The Balaban J connectivity index is 1.19.